The molecule has 5 rings (SSSR count). The fourth-order valence-corrected chi connectivity index (χ4v) is 4.29. The van der Waals surface area contributed by atoms with Gasteiger partial charge in [0, 0.05) is 24.4 Å². The van der Waals surface area contributed by atoms with Gasteiger partial charge in [0.05, 0.1) is 12.7 Å². The molecule has 3 heterocycles. The van der Waals surface area contributed by atoms with Crippen LogP contribution in [0.3, 0.4) is 0 Å². The highest BCUT2D eigenvalue weighted by Gasteiger charge is 2.15. The van der Waals surface area contributed by atoms with Crippen molar-refractivity contribution in [2.75, 3.05) is 0 Å². The average molecular weight is 459 g/mol. The van der Waals surface area contributed by atoms with E-state index in [1.165, 1.54) is 5.56 Å². The standard InChI is InChI=1S/C25H23ClN6O/c1-15(2)18-6-4-5-7-19(18)22-27-12-20-24(30-22)32(25(33)28-20)13-16-8-10-17(11-9-16)23-29-21(26)14-31(23)3/h4-12,14-15H,13H2,1-3H3,(H,28,33). The van der Waals surface area contributed by atoms with Crippen LogP contribution in [0.5, 0.6) is 0 Å². The highest BCUT2D eigenvalue weighted by Crippen LogP contribution is 2.27. The summed E-state index contributed by atoms with van der Waals surface area (Å²) in [4.78, 5) is 29.2. The number of rotatable bonds is 5. The molecular formula is C25H23ClN6O. The second kappa shape index (κ2) is 8.33. The number of H-pyrrole nitrogens is 1. The van der Waals surface area contributed by atoms with Gasteiger partial charge in [-0.25, -0.2) is 19.7 Å². The molecule has 1 N–H and O–H groups in total. The molecule has 0 aliphatic rings. The van der Waals surface area contributed by atoms with E-state index in [0.29, 0.717) is 34.6 Å². The number of fused-ring (bicyclic) bond motifs is 1. The Kier molecular flexibility index (Phi) is 5.34. The number of aryl methyl sites for hydroxylation is 1. The SMILES string of the molecule is CC(C)c1ccccc1-c1ncc2[nH]c(=O)n(Cc3ccc(-c4nc(Cl)cn4C)cc3)c2n1. The first-order valence-corrected chi connectivity index (χ1v) is 11.1. The van der Waals surface area contributed by atoms with E-state index in [1.807, 2.05) is 54.1 Å². The van der Waals surface area contributed by atoms with Crippen molar-refractivity contribution in [3.8, 4) is 22.8 Å². The maximum atomic E-state index is 12.7. The van der Waals surface area contributed by atoms with Crippen LogP contribution in [0.15, 0.2) is 65.7 Å². The smallest absolute Gasteiger partial charge is 0.328 e. The highest BCUT2D eigenvalue weighted by molar-refractivity contribution is 6.29. The van der Waals surface area contributed by atoms with Gasteiger partial charge in [-0.3, -0.25) is 4.57 Å². The first-order valence-electron chi connectivity index (χ1n) is 10.7. The maximum absolute atomic E-state index is 12.7. The zero-order chi connectivity index (χ0) is 23.1. The molecule has 0 radical (unpaired) electrons. The summed E-state index contributed by atoms with van der Waals surface area (Å²) in [5.41, 5.74) is 5.07. The van der Waals surface area contributed by atoms with Crippen LogP contribution in [0.2, 0.25) is 5.15 Å². The van der Waals surface area contributed by atoms with Gasteiger partial charge in [0.2, 0.25) is 0 Å². The van der Waals surface area contributed by atoms with Crippen LogP contribution in [0.25, 0.3) is 33.9 Å². The van der Waals surface area contributed by atoms with Crippen molar-refractivity contribution in [2.45, 2.75) is 26.3 Å². The second-order valence-corrected chi connectivity index (χ2v) is 8.77. The molecule has 5 aromatic rings. The number of benzene rings is 2. The lowest BCUT2D eigenvalue weighted by Gasteiger charge is -2.11. The number of aromatic nitrogens is 6. The molecule has 8 heteroatoms. The Morgan fingerprint density at radius 1 is 1.06 bits per heavy atom. The first-order chi connectivity index (χ1) is 15.9. The van der Waals surface area contributed by atoms with E-state index in [9.17, 15) is 4.79 Å². The predicted molar refractivity (Wildman–Crippen MR) is 130 cm³/mol. The summed E-state index contributed by atoms with van der Waals surface area (Å²) in [5, 5.41) is 0.455. The lowest BCUT2D eigenvalue weighted by molar-refractivity contribution is 0.777. The predicted octanol–water partition coefficient (Wildman–Crippen LogP) is 5.01. The summed E-state index contributed by atoms with van der Waals surface area (Å²) in [7, 11) is 1.91. The van der Waals surface area contributed by atoms with Crippen LogP contribution in [-0.2, 0) is 13.6 Å². The molecule has 7 nitrogen and oxygen atoms in total. The van der Waals surface area contributed by atoms with Gasteiger partial charge in [-0.15, -0.1) is 0 Å². The average Bonchev–Trinajstić information content (AvgIpc) is 3.31. The van der Waals surface area contributed by atoms with Crippen molar-refractivity contribution >= 4 is 22.8 Å². The Balaban J connectivity index is 1.51. The van der Waals surface area contributed by atoms with Gasteiger partial charge in [0.15, 0.2) is 11.5 Å². The molecule has 0 spiro atoms. The molecule has 3 aromatic heterocycles. The molecule has 0 atom stereocenters. The van der Waals surface area contributed by atoms with Gasteiger partial charge in [0.25, 0.3) is 0 Å². The molecule has 0 amide bonds. The summed E-state index contributed by atoms with van der Waals surface area (Å²) in [6.45, 7) is 4.68. The molecule has 0 aliphatic carbocycles. The number of nitrogens with one attached hydrogen (secondary N) is 1. The van der Waals surface area contributed by atoms with E-state index < -0.39 is 0 Å². The molecule has 166 valence electrons. The van der Waals surface area contributed by atoms with Crippen molar-refractivity contribution in [1.82, 2.24) is 29.1 Å². The fourth-order valence-electron chi connectivity index (χ4n) is 4.07. The molecule has 0 fully saturated rings. The van der Waals surface area contributed by atoms with Crippen molar-refractivity contribution in [2.24, 2.45) is 7.05 Å². The lowest BCUT2D eigenvalue weighted by Crippen LogP contribution is -2.17. The van der Waals surface area contributed by atoms with Crippen molar-refractivity contribution in [3.05, 3.63) is 87.7 Å². The summed E-state index contributed by atoms with van der Waals surface area (Å²) in [6, 6.07) is 16.0. The van der Waals surface area contributed by atoms with Gasteiger partial charge >= 0.3 is 5.69 Å². The molecule has 0 bridgehead atoms. The van der Waals surface area contributed by atoms with Gasteiger partial charge in [0.1, 0.15) is 16.5 Å². The maximum Gasteiger partial charge on any atom is 0.328 e. The van der Waals surface area contributed by atoms with E-state index in [1.54, 1.807) is 17.0 Å². The lowest BCUT2D eigenvalue weighted by atomic mass is 9.97. The van der Waals surface area contributed by atoms with Crippen LogP contribution >= 0.6 is 11.6 Å². The van der Waals surface area contributed by atoms with E-state index in [2.05, 4.69) is 34.9 Å². The van der Waals surface area contributed by atoms with Gasteiger partial charge in [-0.1, -0.05) is 74.0 Å². The van der Waals surface area contributed by atoms with Gasteiger partial charge in [-0.05, 0) is 17.0 Å². The third-order valence-corrected chi connectivity index (χ3v) is 5.92. The van der Waals surface area contributed by atoms with Gasteiger partial charge in [-0.2, -0.15) is 0 Å². The summed E-state index contributed by atoms with van der Waals surface area (Å²) in [5.74, 6) is 1.74. The number of halogens is 1. The molecule has 2 aromatic carbocycles. The summed E-state index contributed by atoms with van der Waals surface area (Å²) < 4.78 is 3.53. The Hall–Kier alpha value is -3.71. The van der Waals surface area contributed by atoms with Crippen molar-refractivity contribution in [1.29, 1.82) is 0 Å². The minimum Gasteiger partial charge on any atom is -0.332 e. The zero-order valence-corrected chi connectivity index (χ0v) is 19.3. The molecule has 0 aliphatic heterocycles. The number of imidazole rings is 2. The highest BCUT2D eigenvalue weighted by atomic mass is 35.5. The van der Waals surface area contributed by atoms with Crippen LogP contribution < -0.4 is 5.69 Å². The third kappa shape index (κ3) is 3.96. The van der Waals surface area contributed by atoms with Crippen LogP contribution in [0, 0.1) is 0 Å². The number of aromatic amines is 1. The van der Waals surface area contributed by atoms with Crippen molar-refractivity contribution in [3.63, 3.8) is 0 Å². The number of nitrogens with zero attached hydrogens (tertiary/aromatic N) is 5. The van der Waals surface area contributed by atoms with Crippen LogP contribution in [0.1, 0.15) is 30.9 Å². The van der Waals surface area contributed by atoms with Crippen LogP contribution in [-0.4, -0.2) is 29.1 Å². The molecular weight excluding hydrogens is 436 g/mol. The van der Waals surface area contributed by atoms with Crippen LogP contribution in [0.4, 0.5) is 0 Å². The van der Waals surface area contributed by atoms with Crippen molar-refractivity contribution < 1.29 is 0 Å². The minimum absolute atomic E-state index is 0.214. The van der Waals surface area contributed by atoms with E-state index in [4.69, 9.17) is 16.6 Å². The summed E-state index contributed by atoms with van der Waals surface area (Å²) in [6.07, 6.45) is 3.45. The first kappa shape index (κ1) is 21.2. The molecule has 33 heavy (non-hydrogen) atoms. The van der Waals surface area contributed by atoms with Gasteiger partial charge < -0.3 is 9.55 Å². The molecule has 0 saturated heterocycles. The second-order valence-electron chi connectivity index (χ2n) is 8.38. The van der Waals surface area contributed by atoms with E-state index in [0.717, 1.165) is 22.5 Å². The Morgan fingerprint density at radius 3 is 2.52 bits per heavy atom. The topological polar surface area (TPSA) is 81.4 Å². The normalized spacial score (nSPS) is 11.5. The fraction of sp³-hybridized carbons (Fsp3) is 0.200. The number of hydrogen-bond acceptors (Lipinski definition) is 4. The monoisotopic (exact) mass is 458 g/mol. The van der Waals surface area contributed by atoms with E-state index in [-0.39, 0.29) is 5.69 Å². The Labute approximate surface area is 195 Å². The number of hydrogen-bond donors (Lipinski definition) is 1. The Bertz CT molecular complexity index is 1510. The summed E-state index contributed by atoms with van der Waals surface area (Å²) >= 11 is 6.01. The largest absolute Gasteiger partial charge is 0.332 e. The quantitative estimate of drug-likeness (QED) is 0.401. The third-order valence-electron chi connectivity index (χ3n) is 5.73. The zero-order valence-electron chi connectivity index (χ0n) is 18.6. The minimum atomic E-state index is -0.214. The Morgan fingerprint density at radius 2 is 1.82 bits per heavy atom. The molecule has 0 unspecified atom stereocenters. The molecule has 0 saturated carbocycles. The van der Waals surface area contributed by atoms with E-state index >= 15 is 0 Å².